The minimum absolute atomic E-state index is 0.194. The number of hydrogen-bond donors (Lipinski definition) is 1. The standard InChI is InChI=1S/C28H30Cl2N2O3/c1-3-15-31-28(34)25(16-21-7-5-4-6-8-21)32(18-22-11-9-20(2)10-12-22)27(33)19-35-26-14-13-23(29)17-24(26)30/h4-14,17,25H,3,15-16,18-19H2,1-2H3,(H,31,34)/t25-/m1/s1. The highest BCUT2D eigenvalue weighted by molar-refractivity contribution is 6.35. The summed E-state index contributed by atoms with van der Waals surface area (Å²) in [5, 5.41) is 3.76. The molecule has 3 aromatic carbocycles. The molecule has 5 nitrogen and oxygen atoms in total. The van der Waals surface area contributed by atoms with Crippen LogP contribution in [0.1, 0.15) is 30.0 Å². The molecule has 35 heavy (non-hydrogen) atoms. The Balaban J connectivity index is 1.89. The number of hydrogen-bond acceptors (Lipinski definition) is 3. The molecule has 7 heteroatoms. The molecule has 0 aliphatic rings. The van der Waals surface area contributed by atoms with Gasteiger partial charge < -0.3 is 15.0 Å². The van der Waals surface area contributed by atoms with E-state index in [4.69, 9.17) is 27.9 Å². The molecule has 0 heterocycles. The summed E-state index contributed by atoms with van der Waals surface area (Å²) >= 11 is 12.2. The maximum Gasteiger partial charge on any atom is 0.261 e. The predicted molar refractivity (Wildman–Crippen MR) is 141 cm³/mol. The Labute approximate surface area is 217 Å². The first-order valence-electron chi connectivity index (χ1n) is 11.6. The first-order valence-corrected chi connectivity index (χ1v) is 12.4. The number of amides is 2. The lowest BCUT2D eigenvalue weighted by Gasteiger charge is -2.31. The van der Waals surface area contributed by atoms with Crippen molar-refractivity contribution in [3.8, 4) is 5.75 Å². The summed E-state index contributed by atoms with van der Waals surface area (Å²) in [7, 11) is 0. The fourth-order valence-corrected chi connectivity index (χ4v) is 4.09. The Kier molecular flexibility index (Phi) is 10.0. The number of rotatable bonds is 11. The summed E-state index contributed by atoms with van der Waals surface area (Å²) in [4.78, 5) is 28.4. The molecule has 0 spiro atoms. The predicted octanol–water partition coefficient (Wildman–Crippen LogP) is 5.85. The molecule has 0 saturated carbocycles. The Morgan fingerprint density at radius 3 is 2.34 bits per heavy atom. The van der Waals surface area contributed by atoms with Gasteiger partial charge in [0.1, 0.15) is 11.8 Å². The molecule has 3 aromatic rings. The zero-order valence-corrected chi connectivity index (χ0v) is 21.5. The quantitative estimate of drug-likeness (QED) is 0.350. The number of carbonyl (C=O) groups excluding carboxylic acids is 2. The summed E-state index contributed by atoms with van der Waals surface area (Å²) in [5.74, 6) is -0.153. The fourth-order valence-electron chi connectivity index (χ4n) is 3.62. The van der Waals surface area contributed by atoms with Crippen molar-refractivity contribution >= 4 is 35.0 Å². The molecule has 0 bridgehead atoms. The molecule has 0 fully saturated rings. The molecule has 0 radical (unpaired) electrons. The van der Waals surface area contributed by atoms with Crippen LogP contribution in [0.15, 0.2) is 72.8 Å². The van der Waals surface area contributed by atoms with Crippen LogP contribution in [0.4, 0.5) is 0 Å². The third kappa shape index (κ3) is 8.01. The van der Waals surface area contributed by atoms with Gasteiger partial charge in [-0.25, -0.2) is 0 Å². The average Bonchev–Trinajstić information content (AvgIpc) is 2.85. The van der Waals surface area contributed by atoms with Crippen LogP contribution in [0.2, 0.25) is 10.0 Å². The topological polar surface area (TPSA) is 58.6 Å². The Bertz CT molecular complexity index is 1120. The second kappa shape index (κ2) is 13.2. The van der Waals surface area contributed by atoms with Crippen molar-refractivity contribution in [2.75, 3.05) is 13.2 Å². The molecule has 3 rings (SSSR count). The minimum Gasteiger partial charge on any atom is -0.482 e. The van der Waals surface area contributed by atoms with Gasteiger partial charge in [0.15, 0.2) is 6.61 Å². The lowest BCUT2D eigenvalue weighted by Crippen LogP contribution is -2.51. The van der Waals surface area contributed by atoms with Crippen molar-refractivity contribution in [3.63, 3.8) is 0 Å². The van der Waals surface area contributed by atoms with E-state index in [1.807, 2.05) is 68.4 Å². The molecule has 0 aromatic heterocycles. The highest BCUT2D eigenvalue weighted by atomic mass is 35.5. The number of benzene rings is 3. The molecule has 0 aliphatic heterocycles. The lowest BCUT2D eigenvalue weighted by atomic mass is 10.0. The molecular formula is C28H30Cl2N2O3. The van der Waals surface area contributed by atoms with Gasteiger partial charge >= 0.3 is 0 Å². The zero-order chi connectivity index (χ0) is 25.2. The van der Waals surface area contributed by atoms with Crippen LogP contribution in [-0.4, -0.2) is 35.9 Å². The van der Waals surface area contributed by atoms with Crippen LogP contribution in [0, 0.1) is 6.92 Å². The molecule has 1 N–H and O–H groups in total. The third-order valence-electron chi connectivity index (χ3n) is 5.54. The van der Waals surface area contributed by atoms with E-state index in [0.29, 0.717) is 28.8 Å². The van der Waals surface area contributed by atoms with Gasteiger partial charge in [-0.2, -0.15) is 0 Å². The molecule has 184 valence electrons. The second-order valence-corrected chi connectivity index (χ2v) is 9.21. The first kappa shape index (κ1) is 26.6. The van der Waals surface area contributed by atoms with Gasteiger partial charge in [0.05, 0.1) is 5.02 Å². The van der Waals surface area contributed by atoms with Gasteiger partial charge in [-0.3, -0.25) is 9.59 Å². The van der Waals surface area contributed by atoms with Crippen LogP contribution in [0.3, 0.4) is 0 Å². The summed E-state index contributed by atoms with van der Waals surface area (Å²) < 4.78 is 5.74. The van der Waals surface area contributed by atoms with E-state index < -0.39 is 6.04 Å². The molecule has 0 saturated heterocycles. The fraction of sp³-hybridized carbons (Fsp3) is 0.286. The van der Waals surface area contributed by atoms with Crippen molar-refractivity contribution in [2.24, 2.45) is 0 Å². The summed E-state index contributed by atoms with van der Waals surface area (Å²) in [6.45, 7) is 4.54. The normalized spacial score (nSPS) is 11.5. The number of carbonyl (C=O) groups is 2. The van der Waals surface area contributed by atoms with Crippen LogP contribution in [0.25, 0.3) is 0 Å². The van der Waals surface area contributed by atoms with E-state index in [-0.39, 0.29) is 25.0 Å². The van der Waals surface area contributed by atoms with Crippen LogP contribution in [0.5, 0.6) is 5.75 Å². The molecule has 1 atom stereocenters. The van der Waals surface area contributed by atoms with Crippen LogP contribution in [-0.2, 0) is 22.6 Å². The van der Waals surface area contributed by atoms with Gasteiger partial charge in [0, 0.05) is 24.5 Å². The first-order chi connectivity index (χ1) is 16.9. The number of aryl methyl sites for hydroxylation is 1. The summed E-state index contributed by atoms with van der Waals surface area (Å²) in [6.07, 6.45) is 1.18. The summed E-state index contributed by atoms with van der Waals surface area (Å²) in [6, 6.07) is 21.7. The zero-order valence-electron chi connectivity index (χ0n) is 20.0. The van der Waals surface area contributed by atoms with Gasteiger partial charge in [-0.15, -0.1) is 0 Å². The van der Waals surface area contributed by atoms with Crippen molar-refractivity contribution < 1.29 is 14.3 Å². The maximum atomic E-state index is 13.5. The van der Waals surface area contributed by atoms with Gasteiger partial charge in [-0.05, 0) is 42.7 Å². The Morgan fingerprint density at radius 2 is 1.69 bits per heavy atom. The highest BCUT2D eigenvalue weighted by Crippen LogP contribution is 2.27. The average molecular weight is 513 g/mol. The van der Waals surface area contributed by atoms with Crippen molar-refractivity contribution in [3.05, 3.63) is 99.5 Å². The van der Waals surface area contributed by atoms with Crippen molar-refractivity contribution in [2.45, 2.75) is 39.3 Å². The number of ether oxygens (including phenoxy) is 1. The maximum absolute atomic E-state index is 13.5. The SMILES string of the molecule is CCCNC(=O)[C@@H](Cc1ccccc1)N(Cc1ccc(C)cc1)C(=O)COc1ccc(Cl)cc1Cl. The van der Waals surface area contributed by atoms with Crippen molar-refractivity contribution in [1.29, 1.82) is 0 Å². The Morgan fingerprint density at radius 1 is 0.971 bits per heavy atom. The lowest BCUT2D eigenvalue weighted by molar-refractivity contribution is -0.142. The Hall–Kier alpha value is -3.02. The summed E-state index contributed by atoms with van der Waals surface area (Å²) in [5.41, 5.74) is 3.01. The van der Waals surface area contributed by atoms with Gasteiger partial charge in [0.2, 0.25) is 5.91 Å². The molecular weight excluding hydrogens is 483 g/mol. The van der Waals surface area contributed by atoms with Crippen LogP contribution < -0.4 is 10.1 Å². The molecule has 0 aliphatic carbocycles. The monoisotopic (exact) mass is 512 g/mol. The van der Waals surface area contributed by atoms with Gasteiger partial charge in [-0.1, -0.05) is 90.3 Å². The van der Waals surface area contributed by atoms with Crippen molar-refractivity contribution in [1.82, 2.24) is 10.2 Å². The molecule has 0 unspecified atom stereocenters. The van der Waals surface area contributed by atoms with Gasteiger partial charge in [0.25, 0.3) is 5.91 Å². The largest absolute Gasteiger partial charge is 0.482 e. The van der Waals surface area contributed by atoms with E-state index >= 15 is 0 Å². The smallest absolute Gasteiger partial charge is 0.261 e. The van der Waals surface area contributed by atoms with E-state index in [2.05, 4.69) is 5.32 Å². The van der Waals surface area contributed by atoms with E-state index in [1.54, 1.807) is 23.1 Å². The minimum atomic E-state index is -0.706. The van der Waals surface area contributed by atoms with E-state index in [9.17, 15) is 9.59 Å². The van der Waals surface area contributed by atoms with E-state index in [0.717, 1.165) is 23.1 Å². The van der Waals surface area contributed by atoms with E-state index in [1.165, 1.54) is 0 Å². The van der Waals surface area contributed by atoms with Crippen LogP contribution >= 0.6 is 23.2 Å². The number of halogens is 2. The highest BCUT2D eigenvalue weighted by Gasteiger charge is 2.30. The third-order valence-corrected chi connectivity index (χ3v) is 6.07. The second-order valence-electron chi connectivity index (χ2n) is 8.37. The number of nitrogens with one attached hydrogen (secondary N) is 1. The molecule has 2 amide bonds. The number of nitrogens with zero attached hydrogens (tertiary/aromatic N) is 1.